The first kappa shape index (κ1) is 10.9. The Labute approximate surface area is 100 Å². The van der Waals surface area contributed by atoms with Crippen LogP contribution in [0.1, 0.15) is 36.0 Å². The lowest BCUT2D eigenvalue weighted by Crippen LogP contribution is -2.40. The third-order valence-electron chi connectivity index (χ3n) is 3.97. The van der Waals surface area contributed by atoms with Gasteiger partial charge in [0.25, 0.3) is 0 Å². The molecule has 2 bridgehead atoms. The zero-order chi connectivity index (χ0) is 11.8. The molecule has 90 valence electrons. The predicted molar refractivity (Wildman–Crippen MR) is 63.4 cm³/mol. The summed E-state index contributed by atoms with van der Waals surface area (Å²) in [6, 6.07) is 6.96. The molecule has 2 saturated heterocycles. The first-order chi connectivity index (χ1) is 8.22. The van der Waals surface area contributed by atoms with Gasteiger partial charge >= 0.3 is 0 Å². The molecule has 2 nitrogen and oxygen atoms in total. The second kappa shape index (κ2) is 4.22. The third-order valence-corrected chi connectivity index (χ3v) is 3.97. The van der Waals surface area contributed by atoms with Crippen molar-refractivity contribution < 1.29 is 9.18 Å². The molecule has 2 aliphatic rings. The molecule has 0 spiro atoms. The van der Waals surface area contributed by atoms with Crippen molar-refractivity contribution in [3.05, 3.63) is 35.6 Å². The molecule has 0 aliphatic carbocycles. The van der Waals surface area contributed by atoms with E-state index in [4.69, 9.17) is 0 Å². The van der Waals surface area contributed by atoms with Crippen LogP contribution in [0, 0.1) is 11.7 Å². The van der Waals surface area contributed by atoms with E-state index in [-0.39, 0.29) is 17.5 Å². The Bertz CT molecular complexity index is 416. The Morgan fingerprint density at radius 1 is 1.12 bits per heavy atom. The highest BCUT2D eigenvalue weighted by molar-refractivity contribution is 5.98. The van der Waals surface area contributed by atoms with Crippen LogP contribution in [-0.4, -0.2) is 17.9 Å². The van der Waals surface area contributed by atoms with Gasteiger partial charge in [0.1, 0.15) is 5.82 Å². The number of rotatable bonds is 2. The summed E-state index contributed by atoms with van der Waals surface area (Å²) in [4.78, 5) is 12.3. The molecule has 3 rings (SSSR count). The number of hydrogen-bond acceptors (Lipinski definition) is 2. The molecule has 1 aromatic carbocycles. The average molecular weight is 233 g/mol. The highest BCUT2D eigenvalue weighted by Crippen LogP contribution is 2.32. The van der Waals surface area contributed by atoms with Gasteiger partial charge in [-0.25, -0.2) is 4.39 Å². The number of halogens is 1. The van der Waals surface area contributed by atoms with E-state index in [1.807, 2.05) is 0 Å². The van der Waals surface area contributed by atoms with Crippen molar-refractivity contribution >= 4 is 5.78 Å². The lowest BCUT2D eigenvalue weighted by molar-refractivity contribution is 0.0875. The van der Waals surface area contributed by atoms with Crippen LogP contribution in [0.4, 0.5) is 4.39 Å². The Kier molecular flexibility index (Phi) is 2.71. The molecule has 2 heterocycles. The third kappa shape index (κ3) is 2.12. The first-order valence-corrected chi connectivity index (χ1v) is 6.28. The van der Waals surface area contributed by atoms with Crippen molar-refractivity contribution in [2.75, 3.05) is 0 Å². The van der Waals surface area contributed by atoms with E-state index in [1.54, 1.807) is 12.1 Å². The summed E-state index contributed by atoms with van der Waals surface area (Å²) in [5.74, 6) is 0.0227. The van der Waals surface area contributed by atoms with Gasteiger partial charge in [-0.2, -0.15) is 0 Å². The SMILES string of the molecule is O=C(c1ccc(F)cc1)C1CC2CCC(C1)N2. The number of fused-ring (bicyclic) bond motifs is 2. The molecule has 2 unspecified atom stereocenters. The number of nitrogens with one attached hydrogen (secondary N) is 1. The second-order valence-corrected chi connectivity index (χ2v) is 5.18. The summed E-state index contributed by atoms with van der Waals surface area (Å²) < 4.78 is 12.8. The normalized spacial score (nSPS) is 31.5. The number of piperidine rings is 1. The summed E-state index contributed by atoms with van der Waals surface area (Å²) in [5.41, 5.74) is 0.651. The molecule has 0 radical (unpaired) electrons. The Hall–Kier alpha value is -1.22. The number of hydrogen-bond donors (Lipinski definition) is 1. The molecule has 3 heteroatoms. The largest absolute Gasteiger partial charge is 0.311 e. The Morgan fingerprint density at radius 3 is 2.29 bits per heavy atom. The maximum absolute atomic E-state index is 12.8. The smallest absolute Gasteiger partial charge is 0.166 e. The fourth-order valence-corrected chi connectivity index (χ4v) is 3.12. The van der Waals surface area contributed by atoms with Crippen molar-refractivity contribution in [2.45, 2.75) is 37.8 Å². The van der Waals surface area contributed by atoms with Crippen LogP contribution in [0.3, 0.4) is 0 Å². The molecule has 2 aliphatic heterocycles. The fourth-order valence-electron chi connectivity index (χ4n) is 3.12. The van der Waals surface area contributed by atoms with E-state index in [9.17, 15) is 9.18 Å². The van der Waals surface area contributed by atoms with Crippen molar-refractivity contribution in [3.8, 4) is 0 Å². The molecular weight excluding hydrogens is 217 g/mol. The van der Waals surface area contributed by atoms with E-state index in [0.29, 0.717) is 17.6 Å². The molecule has 1 aromatic rings. The number of benzene rings is 1. The van der Waals surface area contributed by atoms with Gasteiger partial charge in [0.15, 0.2) is 5.78 Å². The van der Waals surface area contributed by atoms with Gasteiger partial charge in [0.05, 0.1) is 0 Å². The van der Waals surface area contributed by atoms with E-state index in [0.717, 1.165) is 12.8 Å². The van der Waals surface area contributed by atoms with Crippen molar-refractivity contribution in [3.63, 3.8) is 0 Å². The lowest BCUT2D eigenvalue weighted by Gasteiger charge is -2.28. The highest BCUT2D eigenvalue weighted by Gasteiger charge is 2.36. The quantitative estimate of drug-likeness (QED) is 0.795. The lowest BCUT2D eigenvalue weighted by atomic mass is 9.86. The Morgan fingerprint density at radius 2 is 1.71 bits per heavy atom. The minimum Gasteiger partial charge on any atom is -0.311 e. The Balaban J connectivity index is 1.76. The number of ketones is 1. The first-order valence-electron chi connectivity index (χ1n) is 6.28. The summed E-state index contributed by atoms with van der Waals surface area (Å²) in [5, 5.41) is 3.52. The summed E-state index contributed by atoms with van der Waals surface area (Å²) in [6.45, 7) is 0. The van der Waals surface area contributed by atoms with Gasteiger partial charge in [-0.05, 0) is 49.9 Å². The fraction of sp³-hybridized carbons (Fsp3) is 0.500. The molecule has 0 amide bonds. The number of Topliss-reactive ketones (excluding diaryl/α,β-unsaturated/α-hetero) is 1. The molecule has 0 aromatic heterocycles. The topological polar surface area (TPSA) is 29.1 Å². The van der Waals surface area contributed by atoms with E-state index in [2.05, 4.69) is 5.32 Å². The highest BCUT2D eigenvalue weighted by atomic mass is 19.1. The second-order valence-electron chi connectivity index (χ2n) is 5.18. The maximum atomic E-state index is 12.8. The van der Waals surface area contributed by atoms with Crippen LogP contribution >= 0.6 is 0 Å². The predicted octanol–water partition coefficient (Wildman–Crippen LogP) is 2.54. The van der Waals surface area contributed by atoms with Gasteiger partial charge < -0.3 is 5.32 Å². The standard InChI is InChI=1S/C14H16FNO/c15-11-3-1-9(2-4-11)14(17)10-7-12-5-6-13(8-10)16-12/h1-4,10,12-13,16H,5-8H2. The summed E-state index contributed by atoms with van der Waals surface area (Å²) in [6.07, 6.45) is 4.26. The van der Waals surface area contributed by atoms with Gasteiger partial charge in [0.2, 0.25) is 0 Å². The average Bonchev–Trinajstić information content (AvgIpc) is 2.68. The van der Waals surface area contributed by atoms with Gasteiger partial charge in [0, 0.05) is 23.6 Å². The number of carbonyl (C=O) groups is 1. The van der Waals surface area contributed by atoms with Crippen LogP contribution in [-0.2, 0) is 0 Å². The maximum Gasteiger partial charge on any atom is 0.166 e. The van der Waals surface area contributed by atoms with Crippen LogP contribution in [0.2, 0.25) is 0 Å². The van der Waals surface area contributed by atoms with Crippen molar-refractivity contribution in [1.29, 1.82) is 0 Å². The summed E-state index contributed by atoms with van der Waals surface area (Å²) in [7, 11) is 0. The van der Waals surface area contributed by atoms with E-state index in [1.165, 1.54) is 25.0 Å². The molecule has 0 saturated carbocycles. The van der Waals surface area contributed by atoms with Crippen LogP contribution < -0.4 is 5.32 Å². The zero-order valence-corrected chi connectivity index (χ0v) is 9.66. The molecule has 1 N–H and O–H groups in total. The minimum atomic E-state index is -0.285. The van der Waals surface area contributed by atoms with E-state index < -0.39 is 0 Å². The van der Waals surface area contributed by atoms with Crippen LogP contribution in [0.15, 0.2) is 24.3 Å². The van der Waals surface area contributed by atoms with Crippen molar-refractivity contribution in [1.82, 2.24) is 5.32 Å². The van der Waals surface area contributed by atoms with Crippen molar-refractivity contribution in [2.24, 2.45) is 5.92 Å². The van der Waals surface area contributed by atoms with Crippen LogP contribution in [0.25, 0.3) is 0 Å². The van der Waals surface area contributed by atoms with Gasteiger partial charge in [-0.1, -0.05) is 0 Å². The van der Waals surface area contributed by atoms with Gasteiger partial charge in [-0.15, -0.1) is 0 Å². The summed E-state index contributed by atoms with van der Waals surface area (Å²) >= 11 is 0. The van der Waals surface area contributed by atoms with E-state index >= 15 is 0 Å². The van der Waals surface area contributed by atoms with Crippen LogP contribution in [0.5, 0.6) is 0 Å². The zero-order valence-electron chi connectivity index (χ0n) is 9.66. The molecular formula is C14H16FNO. The monoisotopic (exact) mass is 233 g/mol. The molecule has 2 atom stereocenters. The molecule has 2 fully saturated rings. The molecule has 17 heavy (non-hydrogen) atoms. The van der Waals surface area contributed by atoms with Gasteiger partial charge in [-0.3, -0.25) is 4.79 Å². The number of carbonyl (C=O) groups excluding carboxylic acids is 1. The minimum absolute atomic E-state index is 0.124.